The van der Waals surface area contributed by atoms with Crippen LogP contribution in [0.2, 0.25) is 0 Å². The first-order chi connectivity index (χ1) is 9.65. The summed E-state index contributed by atoms with van der Waals surface area (Å²) in [6, 6.07) is 7.38. The average molecular weight is 299 g/mol. The third-order valence-corrected chi connectivity index (χ3v) is 3.71. The Labute approximate surface area is 125 Å². The summed E-state index contributed by atoms with van der Waals surface area (Å²) < 4.78 is 10.7. The van der Waals surface area contributed by atoms with Crippen molar-refractivity contribution in [2.75, 3.05) is 38.8 Å². The highest BCUT2D eigenvalue weighted by Crippen LogP contribution is 2.18. The van der Waals surface area contributed by atoms with Gasteiger partial charge < -0.3 is 19.9 Å². The van der Waals surface area contributed by atoms with Crippen LogP contribution in [-0.4, -0.2) is 50.0 Å². The van der Waals surface area contributed by atoms with Gasteiger partial charge in [-0.15, -0.1) is 0 Å². The fraction of sp³-hybridized carbons (Fsp3) is 0.600. The molecule has 2 N–H and O–H groups in total. The van der Waals surface area contributed by atoms with Gasteiger partial charge in [0.1, 0.15) is 24.2 Å². The minimum Gasteiger partial charge on any atom is -0.497 e. The zero-order valence-corrected chi connectivity index (χ0v) is 13.3. The van der Waals surface area contributed by atoms with E-state index in [-0.39, 0.29) is 6.61 Å². The van der Waals surface area contributed by atoms with Gasteiger partial charge in [-0.25, -0.2) is 0 Å². The molecule has 5 heteroatoms. The fourth-order valence-corrected chi connectivity index (χ4v) is 2.47. The van der Waals surface area contributed by atoms with Crippen LogP contribution in [0, 0.1) is 5.92 Å². The summed E-state index contributed by atoms with van der Waals surface area (Å²) in [5, 5.41) is 13.1. The van der Waals surface area contributed by atoms with Crippen molar-refractivity contribution >= 4 is 11.8 Å². The van der Waals surface area contributed by atoms with Crippen LogP contribution in [0.1, 0.15) is 6.92 Å². The lowest BCUT2D eigenvalue weighted by molar-refractivity contribution is 0.106. The normalized spacial score (nSPS) is 13.8. The molecule has 0 saturated heterocycles. The van der Waals surface area contributed by atoms with Gasteiger partial charge in [0.15, 0.2) is 0 Å². The second-order valence-electron chi connectivity index (χ2n) is 4.86. The van der Waals surface area contributed by atoms with E-state index in [1.807, 2.05) is 30.0 Å². The summed E-state index contributed by atoms with van der Waals surface area (Å²) in [4.78, 5) is 0. The third kappa shape index (κ3) is 7.03. The predicted molar refractivity (Wildman–Crippen MR) is 84.9 cm³/mol. The number of aliphatic hydroxyl groups is 1. The third-order valence-electron chi connectivity index (χ3n) is 2.81. The van der Waals surface area contributed by atoms with E-state index in [1.54, 1.807) is 13.2 Å². The predicted octanol–water partition coefficient (Wildman–Crippen LogP) is 2.02. The molecule has 0 aliphatic rings. The Hall–Kier alpha value is -0.910. The van der Waals surface area contributed by atoms with Crippen molar-refractivity contribution in [2.45, 2.75) is 13.0 Å². The van der Waals surface area contributed by atoms with E-state index >= 15 is 0 Å². The van der Waals surface area contributed by atoms with E-state index in [1.165, 1.54) is 0 Å². The minimum atomic E-state index is -0.511. The number of benzene rings is 1. The van der Waals surface area contributed by atoms with Gasteiger partial charge in [-0.2, -0.15) is 11.8 Å². The largest absolute Gasteiger partial charge is 0.497 e. The van der Waals surface area contributed by atoms with Gasteiger partial charge in [0, 0.05) is 12.6 Å². The molecule has 0 saturated carbocycles. The first-order valence-corrected chi connectivity index (χ1v) is 8.19. The van der Waals surface area contributed by atoms with Crippen molar-refractivity contribution in [3.63, 3.8) is 0 Å². The number of nitrogens with one attached hydrogen (secondary N) is 1. The van der Waals surface area contributed by atoms with E-state index in [9.17, 15) is 5.11 Å². The molecule has 0 radical (unpaired) electrons. The molecule has 0 aliphatic heterocycles. The van der Waals surface area contributed by atoms with Crippen LogP contribution in [0.5, 0.6) is 11.5 Å². The van der Waals surface area contributed by atoms with Crippen molar-refractivity contribution in [3.8, 4) is 11.5 Å². The van der Waals surface area contributed by atoms with Gasteiger partial charge in [0.2, 0.25) is 0 Å². The first-order valence-electron chi connectivity index (χ1n) is 6.80. The molecule has 0 spiro atoms. The van der Waals surface area contributed by atoms with Crippen LogP contribution in [0.25, 0.3) is 0 Å². The Morgan fingerprint density at radius 2 is 2.05 bits per heavy atom. The molecule has 4 nitrogen and oxygen atoms in total. The van der Waals surface area contributed by atoms with E-state index < -0.39 is 6.10 Å². The molecule has 20 heavy (non-hydrogen) atoms. The van der Waals surface area contributed by atoms with Crippen LogP contribution < -0.4 is 14.8 Å². The molecule has 1 aromatic carbocycles. The van der Waals surface area contributed by atoms with Crippen molar-refractivity contribution in [1.29, 1.82) is 0 Å². The van der Waals surface area contributed by atoms with Gasteiger partial charge in [-0.1, -0.05) is 13.0 Å². The number of hydrogen-bond donors (Lipinski definition) is 2. The monoisotopic (exact) mass is 299 g/mol. The SMILES string of the molecule is COc1cccc(OCC(O)CNCC(C)CSC)c1. The Kier molecular flexibility index (Phi) is 8.49. The quantitative estimate of drug-likeness (QED) is 0.692. The Balaban J connectivity index is 2.20. The molecule has 0 bridgehead atoms. The molecule has 0 amide bonds. The van der Waals surface area contributed by atoms with Crippen LogP contribution in [0.15, 0.2) is 24.3 Å². The maximum atomic E-state index is 9.86. The molecule has 0 aliphatic carbocycles. The number of thioether (sulfide) groups is 1. The first kappa shape index (κ1) is 17.1. The number of aliphatic hydroxyl groups excluding tert-OH is 1. The van der Waals surface area contributed by atoms with Gasteiger partial charge >= 0.3 is 0 Å². The molecule has 0 fully saturated rings. The fourth-order valence-electron chi connectivity index (χ4n) is 1.78. The lowest BCUT2D eigenvalue weighted by Crippen LogP contribution is -2.34. The van der Waals surface area contributed by atoms with E-state index in [4.69, 9.17) is 9.47 Å². The van der Waals surface area contributed by atoms with Crippen molar-refractivity contribution in [2.24, 2.45) is 5.92 Å². The molecular weight excluding hydrogens is 274 g/mol. The van der Waals surface area contributed by atoms with Gasteiger partial charge in [-0.05, 0) is 36.6 Å². The van der Waals surface area contributed by atoms with Crippen molar-refractivity contribution < 1.29 is 14.6 Å². The number of methoxy groups -OCH3 is 1. The lowest BCUT2D eigenvalue weighted by Gasteiger charge is -2.15. The maximum Gasteiger partial charge on any atom is 0.123 e. The van der Waals surface area contributed by atoms with E-state index in [0.29, 0.717) is 18.2 Å². The highest BCUT2D eigenvalue weighted by molar-refractivity contribution is 7.98. The average Bonchev–Trinajstić information content (AvgIpc) is 2.45. The molecule has 2 atom stereocenters. The van der Waals surface area contributed by atoms with Gasteiger partial charge in [0.25, 0.3) is 0 Å². The van der Waals surface area contributed by atoms with Crippen LogP contribution in [0.3, 0.4) is 0 Å². The van der Waals surface area contributed by atoms with Crippen LogP contribution in [-0.2, 0) is 0 Å². The summed E-state index contributed by atoms with van der Waals surface area (Å²) in [7, 11) is 1.62. The zero-order chi connectivity index (χ0) is 14.8. The molecule has 0 aromatic heterocycles. The van der Waals surface area contributed by atoms with Crippen molar-refractivity contribution in [1.82, 2.24) is 5.32 Å². The topological polar surface area (TPSA) is 50.7 Å². The molecule has 114 valence electrons. The number of ether oxygens (including phenoxy) is 2. The zero-order valence-electron chi connectivity index (χ0n) is 12.5. The summed E-state index contributed by atoms with van der Waals surface area (Å²) in [6.07, 6.45) is 1.59. The van der Waals surface area contributed by atoms with Crippen LogP contribution >= 0.6 is 11.8 Å². The standard InChI is InChI=1S/C15H25NO3S/c1-12(11-20-3)8-16-9-13(17)10-19-15-6-4-5-14(7-15)18-2/h4-7,12-13,16-17H,8-11H2,1-3H3. The highest BCUT2D eigenvalue weighted by Gasteiger charge is 2.07. The molecule has 2 unspecified atom stereocenters. The maximum absolute atomic E-state index is 9.86. The Morgan fingerprint density at radius 1 is 1.30 bits per heavy atom. The smallest absolute Gasteiger partial charge is 0.123 e. The van der Waals surface area contributed by atoms with Gasteiger partial charge in [-0.3, -0.25) is 0 Å². The van der Waals surface area contributed by atoms with Crippen molar-refractivity contribution in [3.05, 3.63) is 24.3 Å². The van der Waals surface area contributed by atoms with E-state index in [2.05, 4.69) is 18.5 Å². The summed E-state index contributed by atoms with van der Waals surface area (Å²) in [5.74, 6) is 3.19. The Morgan fingerprint density at radius 3 is 2.75 bits per heavy atom. The van der Waals surface area contributed by atoms with Gasteiger partial charge in [0.05, 0.1) is 7.11 Å². The van der Waals surface area contributed by atoms with E-state index in [0.717, 1.165) is 18.0 Å². The molecule has 1 aromatic rings. The highest BCUT2D eigenvalue weighted by atomic mass is 32.2. The number of hydrogen-bond acceptors (Lipinski definition) is 5. The number of rotatable bonds is 10. The molecule has 1 rings (SSSR count). The second kappa shape index (κ2) is 9.91. The lowest BCUT2D eigenvalue weighted by atomic mass is 10.2. The summed E-state index contributed by atoms with van der Waals surface area (Å²) in [6.45, 7) is 3.93. The minimum absolute atomic E-state index is 0.275. The molecule has 0 heterocycles. The molecular formula is C15H25NO3S. The summed E-state index contributed by atoms with van der Waals surface area (Å²) >= 11 is 1.84. The Bertz CT molecular complexity index is 376. The van der Waals surface area contributed by atoms with Crippen LogP contribution in [0.4, 0.5) is 0 Å². The summed E-state index contributed by atoms with van der Waals surface area (Å²) in [5.41, 5.74) is 0. The second-order valence-corrected chi connectivity index (χ2v) is 5.77.